The SMILES string of the molecule is CN1CCN(CCCc2cc(Cl)ccc2O)CC1. The van der Waals surface area contributed by atoms with Gasteiger partial charge in [0.05, 0.1) is 0 Å². The van der Waals surface area contributed by atoms with Crippen molar-refractivity contribution in [1.82, 2.24) is 9.80 Å². The summed E-state index contributed by atoms with van der Waals surface area (Å²) in [6.45, 7) is 5.71. The van der Waals surface area contributed by atoms with Gasteiger partial charge in [-0.15, -0.1) is 0 Å². The number of benzene rings is 1. The molecular weight excluding hydrogens is 248 g/mol. The largest absolute Gasteiger partial charge is 0.508 e. The second kappa shape index (κ2) is 6.41. The van der Waals surface area contributed by atoms with E-state index in [1.54, 1.807) is 12.1 Å². The first-order valence-corrected chi connectivity index (χ1v) is 6.91. The zero-order chi connectivity index (χ0) is 13.0. The predicted molar refractivity (Wildman–Crippen MR) is 75.4 cm³/mol. The summed E-state index contributed by atoms with van der Waals surface area (Å²) in [5, 5.41) is 10.4. The van der Waals surface area contributed by atoms with Gasteiger partial charge in [0.1, 0.15) is 5.75 Å². The monoisotopic (exact) mass is 268 g/mol. The molecule has 1 fully saturated rings. The van der Waals surface area contributed by atoms with Crippen LogP contribution in [0.25, 0.3) is 0 Å². The standard InChI is InChI=1S/C14H21ClN2O/c1-16-7-9-17(10-8-16)6-2-3-12-11-13(15)4-5-14(12)18/h4-5,11,18H,2-3,6-10H2,1H3. The Morgan fingerprint density at radius 1 is 1.22 bits per heavy atom. The molecule has 2 rings (SSSR count). The number of rotatable bonds is 4. The fraction of sp³-hybridized carbons (Fsp3) is 0.571. The van der Waals surface area contributed by atoms with E-state index in [1.165, 1.54) is 0 Å². The van der Waals surface area contributed by atoms with E-state index in [2.05, 4.69) is 16.8 Å². The number of aryl methyl sites for hydroxylation is 1. The number of halogens is 1. The molecule has 0 spiro atoms. The molecule has 0 radical (unpaired) electrons. The number of phenols is 1. The minimum atomic E-state index is 0.359. The molecule has 100 valence electrons. The summed E-state index contributed by atoms with van der Waals surface area (Å²) >= 11 is 5.93. The zero-order valence-corrected chi connectivity index (χ0v) is 11.7. The number of phenolic OH excluding ortho intramolecular Hbond substituents is 1. The molecule has 4 heteroatoms. The second-order valence-electron chi connectivity index (χ2n) is 5.02. The molecule has 0 bridgehead atoms. The first kappa shape index (κ1) is 13.7. The summed E-state index contributed by atoms with van der Waals surface area (Å²) in [6.07, 6.45) is 1.95. The van der Waals surface area contributed by atoms with Gasteiger partial charge >= 0.3 is 0 Å². The van der Waals surface area contributed by atoms with Crippen LogP contribution < -0.4 is 0 Å². The Hall–Kier alpha value is -0.770. The summed E-state index contributed by atoms with van der Waals surface area (Å²) < 4.78 is 0. The number of likely N-dealkylation sites (N-methyl/N-ethyl adjacent to an activating group) is 1. The quantitative estimate of drug-likeness (QED) is 0.907. The predicted octanol–water partition coefficient (Wildman–Crippen LogP) is 2.23. The molecule has 0 atom stereocenters. The molecule has 1 saturated heterocycles. The lowest BCUT2D eigenvalue weighted by atomic mass is 10.1. The van der Waals surface area contributed by atoms with Crippen molar-refractivity contribution in [2.75, 3.05) is 39.8 Å². The first-order valence-electron chi connectivity index (χ1n) is 6.53. The highest BCUT2D eigenvalue weighted by Crippen LogP contribution is 2.22. The Kier molecular flexibility index (Phi) is 4.87. The molecule has 1 aromatic rings. The Balaban J connectivity index is 1.76. The van der Waals surface area contributed by atoms with E-state index in [0.717, 1.165) is 51.1 Å². The molecule has 0 aromatic heterocycles. The zero-order valence-electron chi connectivity index (χ0n) is 10.9. The minimum Gasteiger partial charge on any atom is -0.508 e. The molecular formula is C14H21ClN2O. The van der Waals surface area contributed by atoms with Gasteiger partial charge in [0.25, 0.3) is 0 Å². The number of piperazine rings is 1. The molecule has 1 aliphatic heterocycles. The van der Waals surface area contributed by atoms with E-state index in [4.69, 9.17) is 11.6 Å². The fourth-order valence-electron chi connectivity index (χ4n) is 2.32. The van der Waals surface area contributed by atoms with Gasteiger partial charge < -0.3 is 14.9 Å². The Labute approximate surface area is 114 Å². The van der Waals surface area contributed by atoms with Crippen molar-refractivity contribution in [2.45, 2.75) is 12.8 Å². The van der Waals surface area contributed by atoms with E-state index in [1.807, 2.05) is 6.07 Å². The van der Waals surface area contributed by atoms with Crippen LogP contribution in [0.1, 0.15) is 12.0 Å². The van der Waals surface area contributed by atoms with Crippen LogP contribution in [0.15, 0.2) is 18.2 Å². The average Bonchev–Trinajstić information content (AvgIpc) is 2.36. The van der Waals surface area contributed by atoms with Crippen molar-refractivity contribution in [3.8, 4) is 5.75 Å². The third-order valence-corrected chi connectivity index (χ3v) is 3.79. The number of hydrogen-bond acceptors (Lipinski definition) is 3. The van der Waals surface area contributed by atoms with Crippen LogP contribution in [0.3, 0.4) is 0 Å². The molecule has 0 saturated carbocycles. The van der Waals surface area contributed by atoms with E-state index in [0.29, 0.717) is 10.8 Å². The smallest absolute Gasteiger partial charge is 0.118 e. The molecule has 1 aromatic carbocycles. The number of aromatic hydroxyl groups is 1. The van der Waals surface area contributed by atoms with Crippen molar-refractivity contribution in [3.63, 3.8) is 0 Å². The van der Waals surface area contributed by atoms with Gasteiger partial charge in [-0.3, -0.25) is 0 Å². The van der Waals surface area contributed by atoms with Crippen LogP contribution in [-0.2, 0) is 6.42 Å². The Morgan fingerprint density at radius 3 is 2.67 bits per heavy atom. The van der Waals surface area contributed by atoms with Gasteiger partial charge in [0.15, 0.2) is 0 Å². The lowest BCUT2D eigenvalue weighted by molar-refractivity contribution is 0.153. The second-order valence-corrected chi connectivity index (χ2v) is 5.46. The Morgan fingerprint density at radius 2 is 1.94 bits per heavy atom. The maximum atomic E-state index is 9.73. The van der Waals surface area contributed by atoms with Gasteiger partial charge in [-0.2, -0.15) is 0 Å². The average molecular weight is 269 g/mol. The highest BCUT2D eigenvalue weighted by Gasteiger charge is 2.13. The molecule has 0 amide bonds. The van der Waals surface area contributed by atoms with Crippen LogP contribution in [0.2, 0.25) is 5.02 Å². The molecule has 1 N–H and O–H groups in total. The van der Waals surface area contributed by atoms with Crippen LogP contribution in [0, 0.1) is 0 Å². The van der Waals surface area contributed by atoms with Crippen molar-refractivity contribution in [1.29, 1.82) is 0 Å². The maximum Gasteiger partial charge on any atom is 0.118 e. The van der Waals surface area contributed by atoms with E-state index in [-0.39, 0.29) is 0 Å². The minimum absolute atomic E-state index is 0.359. The summed E-state index contributed by atoms with van der Waals surface area (Å²) in [6, 6.07) is 5.26. The van der Waals surface area contributed by atoms with Crippen LogP contribution in [-0.4, -0.2) is 54.7 Å². The van der Waals surface area contributed by atoms with E-state index >= 15 is 0 Å². The highest BCUT2D eigenvalue weighted by molar-refractivity contribution is 6.30. The third kappa shape index (κ3) is 3.87. The molecule has 18 heavy (non-hydrogen) atoms. The summed E-state index contributed by atoms with van der Waals surface area (Å²) in [7, 11) is 2.17. The van der Waals surface area contributed by atoms with E-state index in [9.17, 15) is 5.11 Å². The van der Waals surface area contributed by atoms with Crippen molar-refractivity contribution < 1.29 is 5.11 Å². The summed E-state index contributed by atoms with van der Waals surface area (Å²) in [5.41, 5.74) is 0.955. The lowest BCUT2D eigenvalue weighted by Gasteiger charge is -2.32. The highest BCUT2D eigenvalue weighted by atomic mass is 35.5. The summed E-state index contributed by atoms with van der Waals surface area (Å²) in [5.74, 6) is 0.359. The third-order valence-electron chi connectivity index (χ3n) is 3.56. The van der Waals surface area contributed by atoms with Crippen molar-refractivity contribution in [2.24, 2.45) is 0 Å². The van der Waals surface area contributed by atoms with E-state index < -0.39 is 0 Å². The number of hydrogen-bond donors (Lipinski definition) is 1. The van der Waals surface area contributed by atoms with Crippen LogP contribution >= 0.6 is 11.6 Å². The maximum absolute atomic E-state index is 9.73. The molecule has 1 aliphatic rings. The van der Waals surface area contributed by atoms with Crippen molar-refractivity contribution >= 4 is 11.6 Å². The van der Waals surface area contributed by atoms with Gasteiger partial charge in [0.2, 0.25) is 0 Å². The first-order chi connectivity index (χ1) is 8.65. The summed E-state index contributed by atoms with van der Waals surface area (Å²) in [4.78, 5) is 4.85. The van der Waals surface area contributed by atoms with Gasteiger partial charge in [0, 0.05) is 31.2 Å². The fourth-order valence-corrected chi connectivity index (χ4v) is 2.51. The van der Waals surface area contributed by atoms with Gasteiger partial charge in [-0.05, 0) is 50.2 Å². The van der Waals surface area contributed by atoms with Gasteiger partial charge in [-0.25, -0.2) is 0 Å². The lowest BCUT2D eigenvalue weighted by Crippen LogP contribution is -2.44. The normalized spacial score (nSPS) is 18.1. The van der Waals surface area contributed by atoms with Crippen LogP contribution in [0.4, 0.5) is 0 Å². The topological polar surface area (TPSA) is 26.7 Å². The van der Waals surface area contributed by atoms with Gasteiger partial charge in [-0.1, -0.05) is 11.6 Å². The Bertz CT molecular complexity index is 389. The molecule has 0 unspecified atom stereocenters. The molecule has 3 nitrogen and oxygen atoms in total. The van der Waals surface area contributed by atoms with Crippen molar-refractivity contribution in [3.05, 3.63) is 28.8 Å². The number of nitrogens with zero attached hydrogens (tertiary/aromatic N) is 2. The van der Waals surface area contributed by atoms with Crippen LogP contribution in [0.5, 0.6) is 5.75 Å². The molecule has 0 aliphatic carbocycles. The molecule has 1 heterocycles.